The average molecular weight is 262 g/mol. The van der Waals surface area contributed by atoms with E-state index in [1.165, 1.54) is 12.0 Å². The molecule has 0 aromatic heterocycles. The Kier molecular flexibility index (Phi) is 2.91. The van der Waals surface area contributed by atoms with Crippen LogP contribution in [0.15, 0.2) is 23.8 Å². The summed E-state index contributed by atoms with van der Waals surface area (Å²) in [6.07, 6.45) is 6.92. The molecular weight excluding hydrogens is 244 g/mol. The fourth-order valence-corrected chi connectivity index (χ4v) is 3.72. The van der Waals surface area contributed by atoms with E-state index in [4.69, 9.17) is 0 Å². The summed E-state index contributed by atoms with van der Waals surface area (Å²) in [5.41, 5.74) is 5.02. The Morgan fingerprint density at radius 3 is 2.45 bits per heavy atom. The Morgan fingerprint density at radius 2 is 1.85 bits per heavy atom. The first-order valence-electron chi connectivity index (χ1n) is 7.24. The van der Waals surface area contributed by atoms with Gasteiger partial charge >= 0.3 is 0 Å². The standard InChI is InChI=1S/C18H18N2/c1-12-3-5-18(6-4-14(12)9-18)17-7-15(10-19)13(2)16(8-17)11-20/h4,7-8,12H,3,5-6,9H2,1-2H3. The molecule has 1 aromatic rings. The summed E-state index contributed by atoms with van der Waals surface area (Å²) in [7, 11) is 0. The highest BCUT2D eigenvalue weighted by Crippen LogP contribution is 2.51. The highest BCUT2D eigenvalue weighted by atomic mass is 14.5. The van der Waals surface area contributed by atoms with E-state index in [-0.39, 0.29) is 5.41 Å². The molecule has 0 amide bonds. The summed E-state index contributed by atoms with van der Waals surface area (Å²) in [6, 6.07) is 8.52. The predicted octanol–water partition coefficient (Wildman–Crippen LogP) is 4.13. The van der Waals surface area contributed by atoms with E-state index < -0.39 is 0 Å². The lowest BCUT2D eigenvalue weighted by Crippen LogP contribution is -2.28. The quantitative estimate of drug-likeness (QED) is 0.714. The topological polar surface area (TPSA) is 47.6 Å². The average Bonchev–Trinajstić information content (AvgIpc) is 2.84. The molecule has 3 rings (SSSR count). The van der Waals surface area contributed by atoms with Gasteiger partial charge in [0, 0.05) is 5.41 Å². The minimum absolute atomic E-state index is 0.146. The van der Waals surface area contributed by atoms with Crippen molar-refractivity contribution in [2.45, 2.75) is 44.9 Å². The van der Waals surface area contributed by atoms with Crippen LogP contribution in [0.3, 0.4) is 0 Å². The Morgan fingerprint density at radius 1 is 1.20 bits per heavy atom. The lowest BCUT2D eigenvalue weighted by molar-refractivity contribution is 0.332. The first-order valence-corrected chi connectivity index (χ1v) is 7.24. The molecule has 2 bridgehead atoms. The van der Waals surface area contributed by atoms with Gasteiger partial charge in [0.05, 0.1) is 23.3 Å². The van der Waals surface area contributed by atoms with E-state index in [1.54, 1.807) is 5.57 Å². The third-order valence-electron chi connectivity index (χ3n) is 5.25. The van der Waals surface area contributed by atoms with E-state index >= 15 is 0 Å². The second-order valence-electron chi connectivity index (χ2n) is 6.30. The first-order chi connectivity index (χ1) is 9.59. The van der Waals surface area contributed by atoms with Crippen molar-refractivity contribution in [3.8, 4) is 12.1 Å². The van der Waals surface area contributed by atoms with Gasteiger partial charge in [-0.25, -0.2) is 0 Å². The summed E-state index contributed by atoms with van der Waals surface area (Å²) >= 11 is 0. The number of fused-ring (bicyclic) bond motifs is 2. The van der Waals surface area contributed by atoms with Crippen LogP contribution in [-0.4, -0.2) is 0 Å². The minimum Gasteiger partial charge on any atom is -0.192 e. The molecule has 100 valence electrons. The van der Waals surface area contributed by atoms with Crippen LogP contribution in [0.1, 0.15) is 54.9 Å². The predicted molar refractivity (Wildman–Crippen MR) is 78.0 cm³/mol. The largest absolute Gasteiger partial charge is 0.192 e. The highest BCUT2D eigenvalue weighted by Gasteiger charge is 2.41. The van der Waals surface area contributed by atoms with Gasteiger partial charge in [-0.1, -0.05) is 18.6 Å². The third-order valence-corrected chi connectivity index (χ3v) is 5.25. The van der Waals surface area contributed by atoms with Crippen molar-refractivity contribution < 1.29 is 0 Å². The van der Waals surface area contributed by atoms with Crippen LogP contribution in [0.5, 0.6) is 0 Å². The number of rotatable bonds is 1. The molecule has 2 nitrogen and oxygen atoms in total. The Hall–Kier alpha value is -2.06. The zero-order valence-electron chi connectivity index (χ0n) is 12.0. The molecule has 2 unspecified atom stereocenters. The lowest BCUT2D eigenvalue weighted by atomic mass is 9.67. The zero-order valence-corrected chi connectivity index (χ0v) is 12.0. The van der Waals surface area contributed by atoms with Gasteiger partial charge in [-0.3, -0.25) is 0 Å². The van der Waals surface area contributed by atoms with Crippen LogP contribution in [0.25, 0.3) is 0 Å². The maximum Gasteiger partial charge on any atom is 0.0994 e. The second-order valence-corrected chi connectivity index (χ2v) is 6.30. The van der Waals surface area contributed by atoms with Crippen LogP contribution in [0.2, 0.25) is 0 Å². The van der Waals surface area contributed by atoms with Gasteiger partial charge in [-0.05, 0) is 61.8 Å². The summed E-state index contributed by atoms with van der Waals surface area (Å²) in [6.45, 7) is 4.16. The first kappa shape index (κ1) is 12.9. The minimum atomic E-state index is 0.146. The molecule has 0 aliphatic heterocycles. The van der Waals surface area contributed by atoms with Gasteiger partial charge in [-0.2, -0.15) is 10.5 Å². The zero-order chi connectivity index (χ0) is 14.3. The summed E-state index contributed by atoms with van der Waals surface area (Å²) in [4.78, 5) is 0. The molecule has 2 atom stereocenters. The molecule has 20 heavy (non-hydrogen) atoms. The number of benzene rings is 1. The van der Waals surface area contributed by atoms with Crippen LogP contribution in [0.4, 0.5) is 0 Å². The highest BCUT2D eigenvalue weighted by molar-refractivity contribution is 5.53. The molecule has 0 spiro atoms. The number of hydrogen-bond acceptors (Lipinski definition) is 2. The van der Waals surface area contributed by atoms with Crippen molar-refractivity contribution in [3.63, 3.8) is 0 Å². The summed E-state index contributed by atoms with van der Waals surface area (Å²) < 4.78 is 0. The molecule has 2 heteroatoms. The number of allylic oxidation sites excluding steroid dienone is 2. The van der Waals surface area contributed by atoms with E-state index in [0.717, 1.165) is 24.8 Å². The number of nitriles is 2. The van der Waals surface area contributed by atoms with Gasteiger partial charge in [0.1, 0.15) is 0 Å². The molecule has 0 N–H and O–H groups in total. The monoisotopic (exact) mass is 262 g/mol. The van der Waals surface area contributed by atoms with Crippen molar-refractivity contribution in [2.24, 2.45) is 5.92 Å². The summed E-state index contributed by atoms with van der Waals surface area (Å²) in [5, 5.41) is 18.6. The Bertz CT molecular complexity index is 649. The molecule has 2 aliphatic carbocycles. The third kappa shape index (κ3) is 1.76. The van der Waals surface area contributed by atoms with E-state index in [9.17, 15) is 10.5 Å². The fraction of sp³-hybridized carbons (Fsp3) is 0.444. The SMILES string of the molecule is Cc1c(C#N)cc(C23CC=C(C2)C(C)CC3)cc1C#N. The maximum atomic E-state index is 9.30. The van der Waals surface area contributed by atoms with Gasteiger partial charge in [0.2, 0.25) is 0 Å². The van der Waals surface area contributed by atoms with Gasteiger partial charge in [0.15, 0.2) is 0 Å². The van der Waals surface area contributed by atoms with Crippen molar-refractivity contribution in [2.75, 3.05) is 0 Å². The second kappa shape index (κ2) is 4.50. The van der Waals surface area contributed by atoms with Crippen molar-refractivity contribution in [3.05, 3.63) is 46.0 Å². The van der Waals surface area contributed by atoms with Crippen molar-refractivity contribution in [1.82, 2.24) is 0 Å². The van der Waals surface area contributed by atoms with Gasteiger partial charge in [0.25, 0.3) is 0 Å². The summed E-state index contributed by atoms with van der Waals surface area (Å²) in [5.74, 6) is 0.696. The smallest absolute Gasteiger partial charge is 0.0994 e. The number of hydrogen-bond donors (Lipinski definition) is 0. The molecule has 1 aromatic carbocycles. The Labute approximate surface area is 120 Å². The Balaban J connectivity index is 2.09. The van der Waals surface area contributed by atoms with Gasteiger partial charge in [-0.15, -0.1) is 0 Å². The molecule has 0 saturated heterocycles. The van der Waals surface area contributed by atoms with Crippen molar-refractivity contribution >= 4 is 0 Å². The van der Waals surface area contributed by atoms with Crippen LogP contribution in [0, 0.1) is 35.5 Å². The van der Waals surface area contributed by atoms with Crippen LogP contribution in [-0.2, 0) is 5.41 Å². The van der Waals surface area contributed by atoms with Crippen LogP contribution >= 0.6 is 0 Å². The van der Waals surface area contributed by atoms with E-state index in [1.807, 2.05) is 19.1 Å². The fourth-order valence-electron chi connectivity index (χ4n) is 3.72. The molecule has 0 heterocycles. The molecule has 0 radical (unpaired) electrons. The normalized spacial score (nSPS) is 27.6. The van der Waals surface area contributed by atoms with E-state index in [2.05, 4.69) is 25.1 Å². The maximum absolute atomic E-state index is 9.30. The molecule has 1 saturated carbocycles. The van der Waals surface area contributed by atoms with E-state index in [0.29, 0.717) is 17.0 Å². The molecular formula is C18H18N2. The van der Waals surface area contributed by atoms with Crippen LogP contribution < -0.4 is 0 Å². The van der Waals surface area contributed by atoms with Gasteiger partial charge < -0.3 is 0 Å². The molecule has 1 fully saturated rings. The number of nitrogens with zero attached hydrogens (tertiary/aromatic N) is 2. The van der Waals surface area contributed by atoms with Crippen molar-refractivity contribution in [1.29, 1.82) is 10.5 Å². The molecule has 2 aliphatic rings. The lowest BCUT2D eigenvalue weighted by Gasteiger charge is -2.36.